The molecule has 7 rings (SSSR count). The zero-order chi connectivity index (χ0) is 19.4. The van der Waals surface area contributed by atoms with Gasteiger partial charge in [-0.1, -0.05) is 12.1 Å². The van der Waals surface area contributed by atoms with Gasteiger partial charge in [0.25, 0.3) is 0 Å². The maximum atomic E-state index is 5.49. The summed E-state index contributed by atoms with van der Waals surface area (Å²) in [5.41, 5.74) is 3.84. The summed E-state index contributed by atoms with van der Waals surface area (Å²) >= 11 is 0. The second kappa shape index (κ2) is 6.51. The molecule has 4 fully saturated rings. The zero-order valence-corrected chi connectivity index (χ0v) is 16.9. The predicted molar refractivity (Wildman–Crippen MR) is 113 cm³/mol. The number of methoxy groups -OCH3 is 1. The number of fused-ring (bicyclic) bond motifs is 1. The Morgan fingerprint density at radius 3 is 2.17 bits per heavy atom. The van der Waals surface area contributed by atoms with Gasteiger partial charge in [-0.3, -0.25) is 4.99 Å². The Kier molecular flexibility index (Phi) is 3.90. The molecule has 0 N–H and O–H groups in total. The SMILES string of the molecule is COc1cc2c(cc1C=Nc1ccc(C34CC5CC(CC(C5)C3)C4)cc1)OCO2. The summed E-state index contributed by atoms with van der Waals surface area (Å²) in [4.78, 5) is 4.70. The molecule has 0 aromatic heterocycles. The van der Waals surface area contributed by atoms with Gasteiger partial charge in [0.2, 0.25) is 6.79 Å². The lowest BCUT2D eigenvalue weighted by molar-refractivity contribution is -0.00518. The number of rotatable bonds is 4. The smallest absolute Gasteiger partial charge is 0.231 e. The lowest BCUT2D eigenvalue weighted by Gasteiger charge is -2.57. The average Bonchev–Trinajstić information content (AvgIpc) is 3.18. The van der Waals surface area contributed by atoms with Crippen LogP contribution in [0, 0.1) is 17.8 Å². The molecule has 2 aromatic carbocycles. The van der Waals surface area contributed by atoms with Crippen LogP contribution in [0.3, 0.4) is 0 Å². The lowest BCUT2D eigenvalue weighted by atomic mass is 9.48. The van der Waals surface area contributed by atoms with E-state index in [0.717, 1.165) is 46.3 Å². The Labute approximate surface area is 171 Å². The van der Waals surface area contributed by atoms with Gasteiger partial charge in [0.05, 0.1) is 12.8 Å². The fourth-order valence-electron chi connectivity index (χ4n) is 6.73. The third kappa shape index (κ3) is 2.92. The molecule has 0 saturated heterocycles. The van der Waals surface area contributed by atoms with Crippen LogP contribution < -0.4 is 14.2 Å². The van der Waals surface area contributed by atoms with Crippen molar-refractivity contribution in [3.63, 3.8) is 0 Å². The molecule has 0 atom stereocenters. The minimum absolute atomic E-state index is 0.255. The Morgan fingerprint density at radius 1 is 0.931 bits per heavy atom. The van der Waals surface area contributed by atoms with E-state index in [1.165, 1.54) is 44.1 Å². The molecule has 1 aliphatic heterocycles. The van der Waals surface area contributed by atoms with Gasteiger partial charge in [-0.2, -0.15) is 0 Å². The first kappa shape index (κ1) is 17.4. The highest BCUT2D eigenvalue weighted by molar-refractivity contribution is 5.87. The fraction of sp³-hybridized carbons (Fsp3) is 0.480. The van der Waals surface area contributed by atoms with Crippen molar-refractivity contribution in [2.45, 2.75) is 43.9 Å². The number of hydrogen-bond acceptors (Lipinski definition) is 4. The summed E-state index contributed by atoms with van der Waals surface area (Å²) in [7, 11) is 1.66. The van der Waals surface area contributed by atoms with Crippen molar-refractivity contribution < 1.29 is 14.2 Å². The lowest BCUT2D eigenvalue weighted by Crippen LogP contribution is -2.48. The van der Waals surface area contributed by atoms with E-state index in [1.54, 1.807) is 7.11 Å². The van der Waals surface area contributed by atoms with Gasteiger partial charge in [0, 0.05) is 17.8 Å². The molecule has 0 radical (unpaired) electrons. The second-order valence-electron chi connectivity index (χ2n) is 9.45. The molecular formula is C25H27NO3. The molecular weight excluding hydrogens is 362 g/mol. The highest BCUT2D eigenvalue weighted by Gasteiger charge is 2.51. The summed E-state index contributed by atoms with van der Waals surface area (Å²) in [5, 5.41) is 0. The quantitative estimate of drug-likeness (QED) is 0.635. The summed E-state index contributed by atoms with van der Waals surface area (Å²) in [6.45, 7) is 0.255. The predicted octanol–water partition coefficient (Wildman–Crippen LogP) is 5.64. The minimum atomic E-state index is 0.255. The van der Waals surface area contributed by atoms with Gasteiger partial charge in [0.1, 0.15) is 5.75 Å². The van der Waals surface area contributed by atoms with Gasteiger partial charge in [0.15, 0.2) is 11.5 Å². The number of aliphatic imine (C=N–C) groups is 1. The van der Waals surface area contributed by atoms with Gasteiger partial charge in [-0.15, -0.1) is 0 Å². The molecule has 0 unspecified atom stereocenters. The van der Waals surface area contributed by atoms with Gasteiger partial charge in [-0.05, 0) is 85.5 Å². The van der Waals surface area contributed by atoms with E-state index < -0.39 is 0 Å². The topological polar surface area (TPSA) is 40.0 Å². The van der Waals surface area contributed by atoms with Crippen LogP contribution >= 0.6 is 0 Å². The molecule has 150 valence electrons. The summed E-state index contributed by atoms with van der Waals surface area (Å²) in [6.07, 6.45) is 10.5. The highest BCUT2D eigenvalue weighted by Crippen LogP contribution is 2.60. The first-order chi connectivity index (χ1) is 14.2. The monoisotopic (exact) mass is 389 g/mol. The third-order valence-electron chi connectivity index (χ3n) is 7.60. The molecule has 0 amide bonds. The minimum Gasteiger partial charge on any atom is -0.496 e. The molecule has 5 aliphatic rings. The molecule has 0 spiro atoms. The Bertz CT molecular complexity index is 927. The van der Waals surface area contributed by atoms with Crippen molar-refractivity contribution in [3.05, 3.63) is 47.5 Å². The van der Waals surface area contributed by atoms with Crippen molar-refractivity contribution in [3.8, 4) is 17.2 Å². The average molecular weight is 389 g/mol. The van der Waals surface area contributed by atoms with Crippen LogP contribution in [0.25, 0.3) is 0 Å². The largest absolute Gasteiger partial charge is 0.496 e. The van der Waals surface area contributed by atoms with Crippen molar-refractivity contribution in [1.82, 2.24) is 0 Å². The number of nitrogens with zero attached hydrogens (tertiary/aromatic N) is 1. The Morgan fingerprint density at radius 2 is 1.55 bits per heavy atom. The Hall–Kier alpha value is -2.49. The molecule has 29 heavy (non-hydrogen) atoms. The van der Waals surface area contributed by atoms with E-state index in [4.69, 9.17) is 19.2 Å². The first-order valence-corrected chi connectivity index (χ1v) is 10.8. The van der Waals surface area contributed by atoms with Crippen LogP contribution in [0.1, 0.15) is 49.7 Å². The van der Waals surface area contributed by atoms with E-state index in [1.807, 2.05) is 18.3 Å². The maximum Gasteiger partial charge on any atom is 0.231 e. The summed E-state index contributed by atoms with van der Waals surface area (Å²) < 4.78 is 16.4. The van der Waals surface area contributed by atoms with Crippen LogP contribution in [0.15, 0.2) is 41.4 Å². The van der Waals surface area contributed by atoms with Crippen LogP contribution in [-0.2, 0) is 5.41 Å². The molecule has 1 heterocycles. The second-order valence-corrected chi connectivity index (χ2v) is 9.45. The Balaban J connectivity index is 1.25. The van der Waals surface area contributed by atoms with Crippen molar-refractivity contribution >= 4 is 11.9 Å². The first-order valence-electron chi connectivity index (χ1n) is 10.8. The van der Waals surface area contributed by atoms with Gasteiger partial charge >= 0.3 is 0 Å². The van der Waals surface area contributed by atoms with Crippen molar-refractivity contribution in [2.75, 3.05) is 13.9 Å². The van der Waals surface area contributed by atoms with Crippen LogP contribution in [0.4, 0.5) is 5.69 Å². The fourth-order valence-corrected chi connectivity index (χ4v) is 6.73. The van der Waals surface area contributed by atoms with E-state index in [9.17, 15) is 0 Å². The summed E-state index contributed by atoms with van der Waals surface area (Å²) in [6, 6.07) is 12.8. The molecule has 4 heteroatoms. The molecule has 2 aromatic rings. The number of benzene rings is 2. The molecule has 4 saturated carbocycles. The van der Waals surface area contributed by atoms with Gasteiger partial charge < -0.3 is 14.2 Å². The van der Waals surface area contributed by atoms with E-state index >= 15 is 0 Å². The molecule has 4 nitrogen and oxygen atoms in total. The maximum absolute atomic E-state index is 5.49. The van der Waals surface area contributed by atoms with Crippen molar-refractivity contribution in [1.29, 1.82) is 0 Å². The van der Waals surface area contributed by atoms with E-state index in [2.05, 4.69) is 24.3 Å². The number of hydrogen-bond donors (Lipinski definition) is 0. The number of ether oxygens (including phenoxy) is 3. The standard InChI is InChI=1S/C25H27NO3/c1-27-22-10-24-23(28-15-29-24)9-19(22)14-26-21-4-2-20(3-5-21)25-11-16-6-17(12-25)8-18(7-16)13-25/h2-5,9-10,14,16-18H,6-8,11-13,15H2,1H3. The third-order valence-corrected chi connectivity index (χ3v) is 7.60. The van der Waals surface area contributed by atoms with Crippen molar-refractivity contribution in [2.24, 2.45) is 22.7 Å². The summed E-state index contributed by atoms with van der Waals surface area (Å²) in [5.74, 6) is 5.11. The van der Waals surface area contributed by atoms with E-state index in [0.29, 0.717) is 5.41 Å². The van der Waals surface area contributed by atoms with Gasteiger partial charge in [-0.25, -0.2) is 0 Å². The highest BCUT2D eigenvalue weighted by atomic mass is 16.7. The molecule has 4 aliphatic carbocycles. The van der Waals surface area contributed by atoms with Crippen LogP contribution in [0.2, 0.25) is 0 Å². The molecule has 4 bridgehead atoms. The zero-order valence-electron chi connectivity index (χ0n) is 16.9. The normalized spacial score (nSPS) is 31.6. The van der Waals surface area contributed by atoms with Crippen LogP contribution in [0.5, 0.6) is 17.2 Å². The van der Waals surface area contributed by atoms with Crippen LogP contribution in [-0.4, -0.2) is 20.1 Å². The van der Waals surface area contributed by atoms with E-state index in [-0.39, 0.29) is 6.79 Å².